The first-order valence-electron chi connectivity index (χ1n) is 8.14. The molecule has 0 saturated heterocycles. The van der Waals surface area contributed by atoms with E-state index in [1.54, 1.807) is 0 Å². The molecule has 0 aliphatic carbocycles. The summed E-state index contributed by atoms with van der Waals surface area (Å²) in [6, 6.07) is 6.39. The van der Waals surface area contributed by atoms with Crippen LogP contribution in [-0.2, 0) is 0 Å². The number of benzene rings is 2. The van der Waals surface area contributed by atoms with Crippen molar-refractivity contribution >= 4 is 5.97 Å². The van der Waals surface area contributed by atoms with Gasteiger partial charge in [-0.05, 0) is 30.3 Å². The number of alkyl halides is 6. The van der Waals surface area contributed by atoms with Gasteiger partial charge in [0.2, 0.25) is 0 Å². The number of ether oxygens (including phenoxy) is 5. The fourth-order valence-electron chi connectivity index (χ4n) is 2.07. The van der Waals surface area contributed by atoms with Crippen LogP contribution < -0.4 is 23.7 Å². The maximum Gasteiger partial charge on any atom is 0.573 e. The molecule has 0 saturated carbocycles. The van der Waals surface area contributed by atoms with Crippen molar-refractivity contribution in [3.8, 4) is 28.7 Å². The van der Waals surface area contributed by atoms with Gasteiger partial charge in [-0.25, -0.2) is 4.79 Å². The molecule has 0 unspecified atom stereocenters. The number of carboxylic acid groups (broad SMARTS) is 1. The molecule has 3 N–H and O–H groups in total. The van der Waals surface area contributed by atoms with Crippen LogP contribution in [0.15, 0.2) is 36.4 Å². The molecule has 0 spiro atoms. The lowest BCUT2D eigenvalue weighted by molar-refractivity contribution is -0.275. The highest BCUT2D eigenvalue weighted by Crippen LogP contribution is 2.33. The average molecular weight is 492 g/mol. The van der Waals surface area contributed by atoms with Gasteiger partial charge in [-0.2, -0.15) is 0 Å². The monoisotopic (exact) mass is 492 g/mol. The first-order valence-corrected chi connectivity index (χ1v) is 8.14. The van der Waals surface area contributed by atoms with E-state index in [9.17, 15) is 31.1 Å². The predicted octanol–water partition coefficient (Wildman–Crippen LogP) is 4.91. The Morgan fingerprint density at radius 3 is 1.45 bits per heavy atom. The van der Waals surface area contributed by atoms with Crippen molar-refractivity contribution in [3.63, 3.8) is 0 Å². The van der Waals surface area contributed by atoms with Gasteiger partial charge in [0.1, 0.15) is 22.8 Å². The van der Waals surface area contributed by atoms with Gasteiger partial charge in [0, 0.05) is 6.07 Å². The zero-order valence-corrected chi connectivity index (χ0v) is 17.0. The standard InChI is InChI=1S/C9H7F3O4.C9H9F3O3.H2O2/c1-15-7-3-2-5(16-9(10,11)12)4-6(7)8(13)14;1-13-7-4-3-6(5-8(7)14-2)15-9(10,11)12;1-2/h2-4H,1H3,(H,13,14);3-5H,1-2H3;1-2H. The average Bonchev–Trinajstić information content (AvgIpc) is 2.73. The first-order chi connectivity index (χ1) is 15.3. The Kier molecular flexibility index (Phi) is 11.6. The predicted molar refractivity (Wildman–Crippen MR) is 98.1 cm³/mol. The van der Waals surface area contributed by atoms with Crippen molar-refractivity contribution in [1.29, 1.82) is 0 Å². The second-order valence-electron chi connectivity index (χ2n) is 5.28. The van der Waals surface area contributed by atoms with Crippen LogP contribution in [-0.4, -0.2) is 55.6 Å². The normalized spacial score (nSPS) is 10.5. The number of carboxylic acids is 1. The molecule has 9 nitrogen and oxygen atoms in total. The summed E-state index contributed by atoms with van der Waals surface area (Å²) < 4.78 is 92.8. The van der Waals surface area contributed by atoms with Crippen LogP contribution in [0.2, 0.25) is 0 Å². The summed E-state index contributed by atoms with van der Waals surface area (Å²) in [5, 5.41) is 20.7. The van der Waals surface area contributed by atoms with E-state index in [0.717, 1.165) is 30.3 Å². The summed E-state index contributed by atoms with van der Waals surface area (Å²) in [5.41, 5.74) is -0.399. The second-order valence-corrected chi connectivity index (χ2v) is 5.28. The lowest BCUT2D eigenvalue weighted by Gasteiger charge is -2.11. The number of aromatic carboxylic acids is 1. The van der Waals surface area contributed by atoms with Crippen LogP contribution in [0.4, 0.5) is 26.3 Å². The fourth-order valence-corrected chi connectivity index (χ4v) is 2.07. The molecule has 0 heterocycles. The lowest BCUT2D eigenvalue weighted by atomic mass is 10.2. The van der Waals surface area contributed by atoms with Gasteiger partial charge in [0.15, 0.2) is 11.5 Å². The van der Waals surface area contributed by atoms with E-state index >= 15 is 0 Å². The Hall–Kier alpha value is -3.59. The van der Waals surface area contributed by atoms with Gasteiger partial charge in [-0.15, -0.1) is 26.3 Å². The summed E-state index contributed by atoms with van der Waals surface area (Å²) in [6.45, 7) is 0. The van der Waals surface area contributed by atoms with E-state index in [1.165, 1.54) is 27.4 Å². The third-order valence-corrected chi connectivity index (χ3v) is 3.22. The van der Waals surface area contributed by atoms with Gasteiger partial charge in [0.05, 0.1) is 21.3 Å². The Bertz CT molecular complexity index is 885. The minimum Gasteiger partial charge on any atom is -0.496 e. The molecule has 0 aliphatic heterocycles. The van der Waals surface area contributed by atoms with Crippen LogP contribution in [0.1, 0.15) is 10.4 Å². The summed E-state index contributed by atoms with van der Waals surface area (Å²) >= 11 is 0. The zero-order chi connectivity index (χ0) is 25.8. The molecule has 0 fully saturated rings. The molecule has 0 aromatic heterocycles. The van der Waals surface area contributed by atoms with Crippen molar-refractivity contribution in [3.05, 3.63) is 42.0 Å². The highest BCUT2D eigenvalue weighted by Gasteiger charge is 2.32. The van der Waals surface area contributed by atoms with Crippen molar-refractivity contribution < 1.29 is 70.4 Å². The van der Waals surface area contributed by atoms with E-state index in [0.29, 0.717) is 5.75 Å². The topological polar surface area (TPSA) is 124 Å². The molecule has 0 atom stereocenters. The maximum atomic E-state index is 11.9. The molecule has 2 rings (SSSR count). The Morgan fingerprint density at radius 2 is 1.09 bits per heavy atom. The van der Waals surface area contributed by atoms with Crippen molar-refractivity contribution in [2.24, 2.45) is 0 Å². The molecule has 0 aliphatic rings. The van der Waals surface area contributed by atoms with Crippen molar-refractivity contribution in [1.82, 2.24) is 0 Å². The quantitative estimate of drug-likeness (QED) is 0.293. The van der Waals surface area contributed by atoms with Gasteiger partial charge in [-0.1, -0.05) is 0 Å². The molecular weight excluding hydrogens is 474 g/mol. The SMILES string of the molecule is COc1ccc(OC(F)(F)F)cc1C(=O)O.COc1ccc(OC(F)(F)F)cc1OC.OO. The molecule has 0 amide bonds. The number of methoxy groups -OCH3 is 3. The highest BCUT2D eigenvalue weighted by molar-refractivity contribution is 5.91. The van der Waals surface area contributed by atoms with Crippen LogP contribution in [0.25, 0.3) is 0 Å². The van der Waals surface area contributed by atoms with Crippen LogP contribution in [0.5, 0.6) is 28.7 Å². The Morgan fingerprint density at radius 1 is 0.697 bits per heavy atom. The van der Waals surface area contributed by atoms with Gasteiger partial charge in [-0.3, -0.25) is 10.5 Å². The molecule has 2 aromatic carbocycles. The Balaban J connectivity index is 0.000000578. The molecular formula is C18H18F6O9. The molecule has 186 valence electrons. The van der Waals surface area contributed by atoms with E-state index in [4.69, 9.17) is 25.1 Å². The number of hydrogen-bond donors (Lipinski definition) is 3. The van der Waals surface area contributed by atoms with Crippen LogP contribution >= 0.6 is 0 Å². The van der Waals surface area contributed by atoms with E-state index < -0.39 is 30.0 Å². The third-order valence-electron chi connectivity index (χ3n) is 3.22. The lowest BCUT2D eigenvalue weighted by Crippen LogP contribution is -2.17. The summed E-state index contributed by atoms with van der Waals surface area (Å²) in [4.78, 5) is 10.7. The number of carbonyl (C=O) groups is 1. The smallest absolute Gasteiger partial charge is 0.496 e. The van der Waals surface area contributed by atoms with E-state index in [2.05, 4.69) is 14.2 Å². The molecule has 15 heteroatoms. The van der Waals surface area contributed by atoms with Crippen LogP contribution in [0.3, 0.4) is 0 Å². The van der Waals surface area contributed by atoms with Gasteiger partial charge >= 0.3 is 18.7 Å². The third kappa shape index (κ3) is 11.0. The largest absolute Gasteiger partial charge is 0.573 e. The second kappa shape index (κ2) is 13.1. The molecule has 0 bridgehead atoms. The van der Waals surface area contributed by atoms with Gasteiger partial charge in [0.25, 0.3) is 0 Å². The highest BCUT2D eigenvalue weighted by atomic mass is 19.4. The minimum absolute atomic E-state index is 0.0398. The van der Waals surface area contributed by atoms with E-state index in [1.807, 2.05) is 0 Å². The maximum absolute atomic E-state index is 11.9. The van der Waals surface area contributed by atoms with Crippen molar-refractivity contribution in [2.45, 2.75) is 12.7 Å². The summed E-state index contributed by atoms with van der Waals surface area (Å²) in [5.74, 6) is -1.87. The van der Waals surface area contributed by atoms with Crippen LogP contribution in [0, 0.1) is 0 Å². The first kappa shape index (κ1) is 29.4. The number of hydrogen-bond acceptors (Lipinski definition) is 8. The molecule has 2 aromatic rings. The number of halogens is 6. The fraction of sp³-hybridized carbons (Fsp3) is 0.278. The van der Waals surface area contributed by atoms with E-state index in [-0.39, 0.29) is 17.2 Å². The zero-order valence-electron chi connectivity index (χ0n) is 17.0. The molecule has 0 radical (unpaired) electrons. The Labute approximate surface area is 182 Å². The number of rotatable bonds is 6. The summed E-state index contributed by atoms with van der Waals surface area (Å²) in [6.07, 6.45) is -9.57. The molecule has 33 heavy (non-hydrogen) atoms. The minimum atomic E-state index is -4.86. The van der Waals surface area contributed by atoms with Crippen molar-refractivity contribution in [2.75, 3.05) is 21.3 Å². The summed E-state index contributed by atoms with van der Waals surface area (Å²) in [7, 11) is 3.93. The van der Waals surface area contributed by atoms with Gasteiger partial charge < -0.3 is 28.8 Å².